The van der Waals surface area contributed by atoms with E-state index in [2.05, 4.69) is 11.4 Å². The minimum Gasteiger partial charge on any atom is -0.493 e. The molecule has 0 saturated heterocycles. The van der Waals surface area contributed by atoms with E-state index in [0.717, 1.165) is 22.4 Å². The average Bonchev–Trinajstić information content (AvgIpc) is 2.77. The Morgan fingerprint density at radius 3 is 2.31 bits per heavy atom. The van der Waals surface area contributed by atoms with E-state index >= 15 is 0 Å². The summed E-state index contributed by atoms with van der Waals surface area (Å²) < 4.78 is 16.5. The van der Waals surface area contributed by atoms with Gasteiger partial charge in [-0.25, -0.2) is 4.79 Å². The van der Waals surface area contributed by atoms with Crippen molar-refractivity contribution >= 4 is 17.6 Å². The number of hydrogen-bond donors (Lipinski definition) is 1. The molecule has 0 heterocycles. The summed E-state index contributed by atoms with van der Waals surface area (Å²) in [5.74, 6) is 0.544. The first-order valence-electron chi connectivity index (χ1n) is 10.4. The first-order valence-corrected chi connectivity index (χ1v) is 10.4. The first kappa shape index (κ1) is 22.9. The van der Waals surface area contributed by atoms with Crippen molar-refractivity contribution in [1.82, 2.24) is 0 Å². The van der Waals surface area contributed by atoms with E-state index in [4.69, 9.17) is 14.2 Å². The third-order valence-corrected chi connectivity index (χ3v) is 4.79. The van der Waals surface area contributed by atoms with Crippen LogP contribution in [0.2, 0.25) is 0 Å². The molecule has 32 heavy (non-hydrogen) atoms. The van der Waals surface area contributed by atoms with E-state index in [-0.39, 0.29) is 18.1 Å². The highest BCUT2D eigenvalue weighted by atomic mass is 16.5. The first-order chi connectivity index (χ1) is 15.4. The van der Waals surface area contributed by atoms with Gasteiger partial charge in [0, 0.05) is 11.1 Å². The van der Waals surface area contributed by atoms with Crippen LogP contribution in [0.15, 0.2) is 60.7 Å². The summed E-state index contributed by atoms with van der Waals surface area (Å²) in [5.41, 5.74) is 4.07. The van der Waals surface area contributed by atoms with Crippen LogP contribution in [-0.4, -0.2) is 25.6 Å². The zero-order valence-electron chi connectivity index (χ0n) is 18.7. The topological polar surface area (TPSA) is 73.9 Å². The fourth-order valence-electron chi connectivity index (χ4n) is 3.38. The smallest absolute Gasteiger partial charge is 0.339 e. The highest BCUT2D eigenvalue weighted by Crippen LogP contribution is 2.25. The van der Waals surface area contributed by atoms with Gasteiger partial charge in [-0.2, -0.15) is 0 Å². The molecule has 0 unspecified atom stereocenters. The van der Waals surface area contributed by atoms with Crippen LogP contribution in [0.3, 0.4) is 0 Å². The fourth-order valence-corrected chi connectivity index (χ4v) is 3.38. The molecule has 0 aliphatic carbocycles. The molecule has 3 aromatic rings. The van der Waals surface area contributed by atoms with Crippen LogP contribution >= 0.6 is 0 Å². The predicted octanol–water partition coefficient (Wildman–Crippen LogP) is 5.32. The van der Waals surface area contributed by atoms with Gasteiger partial charge in [-0.15, -0.1) is 0 Å². The Morgan fingerprint density at radius 1 is 0.906 bits per heavy atom. The number of carbonyl (C=O) groups excluding carboxylic acids is 2. The van der Waals surface area contributed by atoms with Crippen molar-refractivity contribution in [3.05, 3.63) is 88.5 Å². The monoisotopic (exact) mass is 433 g/mol. The molecule has 6 nitrogen and oxygen atoms in total. The summed E-state index contributed by atoms with van der Waals surface area (Å²) in [5, 5.41) is 2.79. The number of carbonyl (C=O) groups is 2. The molecular weight excluding hydrogens is 406 g/mol. The van der Waals surface area contributed by atoms with E-state index in [1.54, 1.807) is 42.5 Å². The molecule has 166 valence electrons. The predicted molar refractivity (Wildman–Crippen MR) is 124 cm³/mol. The number of nitrogens with one attached hydrogen (secondary N) is 1. The highest BCUT2D eigenvalue weighted by molar-refractivity contribution is 6.08. The van der Waals surface area contributed by atoms with Crippen molar-refractivity contribution in [1.29, 1.82) is 0 Å². The number of rotatable bonds is 8. The number of benzene rings is 3. The molecule has 6 heteroatoms. The van der Waals surface area contributed by atoms with E-state index in [1.165, 1.54) is 7.11 Å². The van der Waals surface area contributed by atoms with E-state index in [0.29, 0.717) is 23.6 Å². The van der Waals surface area contributed by atoms with Gasteiger partial charge in [0.2, 0.25) is 0 Å². The van der Waals surface area contributed by atoms with Crippen molar-refractivity contribution < 1.29 is 23.8 Å². The highest BCUT2D eigenvalue weighted by Gasteiger charge is 2.16. The van der Waals surface area contributed by atoms with Gasteiger partial charge in [0.1, 0.15) is 18.1 Å². The Balaban J connectivity index is 1.83. The lowest BCUT2D eigenvalue weighted by molar-refractivity contribution is 0.0602. The Morgan fingerprint density at radius 2 is 1.62 bits per heavy atom. The van der Waals surface area contributed by atoms with Gasteiger partial charge in [-0.3, -0.25) is 4.79 Å². The van der Waals surface area contributed by atoms with Crippen molar-refractivity contribution in [2.45, 2.75) is 27.4 Å². The molecule has 0 aliphatic heterocycles. The molecule has 3 aromatic carbocycles. The van der Waals surface area contributed by atoms with Gasteiger partial charge in [0.25, 0.3) is 5.91 Å². The SMILES string of the molecule is CCOc1ccc(C(=O)Nc2ccccc2C(=O)OC)cc1COc1cc(C)cc(C)c1. The van der Waals surface area contributed by atoms with Gasteiger partial charge >= 0.3 is 5.97 Å². The number of ether oxygens (including phenoxy) is 3. The minimum atomic E-state index is -0.518. The van der Waals surface area contributed by atoms with E-state index < -0.39 is 5.97 Å². The van der Waals surface area contributed by atoms with Crippen molar-refractivity contribution in [3.8, 4) is 11.5 Å². The summed E-state index contributed by atoms with van der Waals surface area (Å²) in [7, 11) is 1.30. The van der Waals surface area contributed by atoms with Gasteiger partial charge in [-0.05, 0) is 74.4 Å². The van der Waals surface area contributed by atoms with Crippen LogP contribution in [0.5, 0.6) is 11.5 Å². The summed E-state index contributed by atoms with van der Waals surface area (Å²) in [6.07, 6.45) is 0. The maximum Gasteiger partial charge on any atom is 0.339 e. The Kier molecular flexibility index (Phi) is 7.49. The van der Waals surface area contributed by atoms with Crippen LogP contribution in [0, 0.1) is 13.8 Å². The number of anilines is 1. The Labute approximate surface area is 188 Å². The maximum absolute atomic E-state index is 12.9. The molecule has 0 fully saturated rings. The second kappa shape index (κ2) is 10.5. The molecular formula is C26H27NO5. The number of aryl methyl sites for hydroxylation is 2. The van der Waals surface area contributed by atoms with Gasteiger partial charge in [-0.1, -0.05) is 18.2 Å². The molecule has 3 rings (SSSR count). The van der Waals surface area contributed by atoms with Crippen molar-refractivity contribution in [2.24, 2.45) is 0 Å². The fraction of sp³-hybridized carbons (Fsp3) is 0.231. The lowest BCUT2D eigenvalue weighted by atomic mass is 10.1. The van der Waals surface area contributed by atoms with Gasteiger partial charge in [0.05, 0.1) is 25.0 Å². The van der Waals surface area contributed by atoms with E-state index in [9.17, 15) is 9.59 Å². The number of amides is 1. The summed E-state index contributed by atoms with van der Waals surface area (Å²) in [6.45, 7) is 6.68. The second-order valence-electron chi connectivity index (χ2n) is 7.36. The molecule has 0 aliphatic rings. The standard InChI is InChI=1S/C26H27NO5/c1-5-31-24-11-10-19(15-20(24)16-32-21-13-17(2)12-18(3)14-21)25(28)27-23-9-7-6-8-22(23)26(29)30-4/h6-15H,5,16H2,1-4H3,(H,27,28). The summed E-state index contributed by atoms with van der Waals surface area (Å²) in [4.78, 5) is 24.9. The molecule has 1 N–H and O–H groups in total. The zero-order chi connectivity index (χ0) is 23.1. The Hall–Kier alpha value is -3.80. The third-order valence-electron chi connectivity index (χ3n) is 4.79. The third kappa shape index (κ3) is 5.66. The lowest BCUT2D eigenvalue weighted by Gasteiger charge is -2.14. The largest absolute Gasteiger partial charge is 0.493 e. The molecule has 0 atom stereocenters. The number of para-hydroxylation sites is 1. The zero-order valence-corrected chi connectivity index (χ0v) is 18.7. The normalized spacial score (nSPS) is 10.4. The van der Waals surface area contributed by atoms with Crippen LogP contribution in [0.4, 0.5) is 5.69 Å². The summed E-state index contributed by atoms with van der Waals surface area (Å²) in [6, 6.07) is 17.9. The maximum atomic E-state index is 12.9. The molecule has 0 radical (unpaired) electrons. The van der Waals surface area contributed by atoms with Crippen molar-refractivity contribution in [3.63, 3.8) is 0 Å². The molecule has 0 aromatic heterocycles. The minimum absolute atomic E-state index is 0.248. The number of methoxy groups -OCH3 is 1. The number of hydrogen-bond acceptors (Lipinski definition) is 5. The lowest BCUT2D eigenvalue weighted by Crippen LogP contribution is -2.16. The Bertz CT molecular complexity index is 1100. The van der Waals surface area contributed by atoms with Crippen LogP contribution in [-0.2, 0) is 11.3 Å². The quantitative estimate of drug-likeness (QED) is 0.487. The molecule has 0 bridgehead atoms. The second-order valence-corrected chi connectivity index (χ2v) is 7.36. The summed E-state index contributed by atoms with van der Waals surface area (Å²) >= 11 is 0. The van der Waals surface area contributed by atoms with Crippen LogP contribution in [0.25, 0.3) is 0 Å². The van der Waals surface area contributed by atoms with Gasteiger partial charge in [0.15, 0.2) is 0 Å². The number of esters is 1. The van der Waals surface area contributed by atoms with Crippen LogP contribution < -0.4 is 14.8 Å². The van der Waals surface area contributed by atoms with E-state index in [1.807, 2.05) is 32.9 Å². The van der Waals surface area contributed by atoms with Crippen LogP contribution in [0.1, 0.15) is 44.3 Å². The average molecular weight is 434 g/mol. The molecule has 0 saturated carbocycles. The van der Waals surface area contributed by atoms with Gasteiger partial charge < -0.3 is 19.5 Å². The molecule has 0 spiro atoms. The van der Waals surface area contributed by atoms with Crippen molar-refractivity contribution in [2.75, 3.05) is 19.0 Å². The molecule has 1 amide bonds.